The van der Waals surface area contributed by atoms with E-state index in [2.05, 4.69) is 10.3 Å². The van der Waals surface area contributed by atoms with E-state index in [-0.39, 0.29) is 23.0 Å². The maximum Gasteiger partial charge on any atom is 0.244 e. The lowest BCUT2D eigenvalue weighted by molar-refractivity contribution is 0.0572. The average Bonchev–Trinajstić information content (AvgIpc) is 2.73. The minimum Gasteiger partial charge on any atom is -0.389 e. The van der Waals surface area contributed by atoms with Crippen molar-refractivity contribution in [2.75, 3.05) is 25.0 Å². The molecular formula is C11H16ClN3O4S. The van der Waals surface area contributed by atoms with Gasteiger partial charge in [-0.05, 0) is 13.0 Å². The first kappa shape index (κ1) is 15.5. The minimum atomic E-state index is -3.82. The fourth-order valence-corrected chi connectivity index (χ4v) is 3.69. The second-order valence-corrected chi connectivity index (χ2v) is 6.83. The van der Waals surface area contributed by atoms with Crippen molar-refractivity contribution in [3.63, 3.8) is 0 Å². The molecule has 112 valence electrons. The van der Waals surface area contributed by atoms with E-state index in [0.717, 1.165) is 4.31 Å². The van der Waals surface area contributed by atoms with E-state index in [9.17, 15) is 18.6 Å². The maximum atomic E-state index is 12.3. The predicted molar refractivity (Wildman–Crippen MR) is 74.2 cm³/mol. The summed E-state index contributed by atoms with van der Waals surface area (Å²) in [6, 6.07) is 1.30. The minimum absolute atomic E-state index is 0.0644. The number of aromatic nitrogens is 1. The molecule has 20 heavy (non-hydrogen) atoms. The molecule has 0 aromatic carbocycles. The van der Waals surface area contributed by atoms with E-state index >= 15 is 0 Å². The van der Waals surface area contributed by atoms with E-state index in [1.807, 2.05) is 6.92 Å². The molecule has 1 fully saturated rings. The number of hydrogen-bond donors (Lipinski definition) is 3. The second-order valence-electron chi connectivity index (χ2n) is 4.49. The van der Waals surface area contributed by atoms with Gasteiger partial charge in [-0.3, -0.25) is 0 Å². The van der Waals surface area contributed by atoms with Crippen LogP contribution in [0.5, 0.6) is 0 Å². The predicted octanol–water partition coefficient (Wildman–Crippen LogP) is -0.107. The molecule has 0 bridgehead atoms. The van der Waals surface area contributed by atoms with Crippen LogP contribution in [-0.4, -0.2) is 59.8 Å². The molecule has 1 aliphatic heterocycles. The summed E-state index contributed by atoms with van der Waals surface area (Å²) < 4.78 is 25.7. The number of nitrogens with one attached hydrogen (secondary N) is 1. The molecule has 7 nitrogen and oxygen atoms in total. The Labute approximate surface area is 122 Å². The summed E-state index contributed by atoms with van der Waals surface area (Å²) in [6.45, 7) is 2.20. The molecule has 3 N–H and O–H groups in total. The van der Waals surface area contributed by atoms with Gasteiger partial charge in [0.05, 0.1) is 17.2 Å². The number of halogens is 1. The van der Waals surface area contributed by atoms with Crippen LogP contribution in [0.4, 0.5) is 5.82 Å². The van der Waals surface area contributed by atoms with Crippen LogP contribution in [0.1, 0.15) is 6.92 Å². The van der Waals surface area contributed by atoms with Crippen molar-refractivity contribution in [3.8, 4) is 0 Å². The van der Waals surface area contributed by atoms with Gasteiger partial charge >= 0.3 is 0 Å². The molecule has 1 aliphatic rings. The van der Waals surface area contributed by atoms with Crippen molar-refractivity contribution in [2.24, 2.45) is 0 Å². The Morgan fingerprint density at radius 2 is 2.05 bits per heavy atom. The Balaban J connectivity index is 2.29. The normalized spacial score (nSPS) is 24.0. The third-order valence-corrected chi connectivity index (χ3v) is 5.11. The van der Waals surface area contributed by atoms with E-state index in [1.165, 1.54) is 12.3 Å². The first-order valence-corrected chi connectivity index (χ1v) is 7.93. The van der Waals surface area contributed by atoms with Gasteiger partial charge in [-0.2, -0.15) is 4.31 Å². The Hall–Kier alpha value is -0.930. The molecule has 1 saturated heterocycles. The smallest absolute Gasteiger partial charge is 0.244 e. The molecule has 0 saturated carbocycles. The zero-order valence-corrected chi connectivity index (χ0v) is 12.4. The maximum absolute atomic E-state index is 12.3. The number of β-amino-alcohol motifs (C(OH)–C–C–N with tert-alkyl or cyclic N) is 2. The van der Waals surface area contributed by atoms with Gasteiger partial charge in [-0.15, -0.1) is 0 Å². The molecule has 2 heterocycles. The van der Waals surface area contributed by atoms with Gasteiger partial charge in [0.15, 0.2) is 0 Å². The zero-order valence-electron chi connectivity index (χ0n) is 10.8. The van der Waals surface area contributed by atoms with Gasteiger partial charge in [0.1, 0.15) is 10.7 Å². The van der Waals surface area contributed by atoms with Gasteiger partial charge in [-0.25, -0.2) is 13.4 Å². The molecule has 0 amide bonds. The van der Waals surface area contributed by atoms with E-state index in [0.29, 0.717) is 12.4 Å². The summed E-state index contributed by atoms with van der Waals surface area (Å²) in [5.74, 6) is 0.412. The molecule has 1 aromatic heterocycles. The fraction of sp³-hybridized carbons (Fsp3) is 0.545. The highest BCUT2D eigenvalue weighted by molar-refractivity contribution is 7.89. The molecule has 2 atom stereocenters. The molecule has 1 aromatic rings. The van der Waals surface area contributed by atoms with Crippen LogP contribution < -0.4 is 5.32 Å². The van der Waals surface area contributed by atoms with Crippen LogP contribution in [0.25, 0.3) is 0 Å². The highest BCUT2D eigenvalue weighted by Crippen LogP contribution is 2.26. The highest BCUT2D eigenvalue weighted by Gasteiger charge is 2.37. The molecule has 0 aliphatic carbocycles. The lowest BCUT2D eigenvalue weighted by atomic mass is 10.3. The number of nitrogens with zero attached hydrogens (tertiary/aromatic N) is 2. The summed E-state index contributed by atoms with van der Waals surface area (Å²) in [5.41, 5.74) is 0. The third-order valence-electron chi connectivity index (χ3n) is 3.02. The zero-order chi connectivity index (χ0) is 14.9. The van der Waals surface area contributed by atoms with E-state index in [1.54, 1.807) is 0 Å². The van der Waals surface area contributed by atoms with Crippen molar-refractivity contribution >= 4 is 27.4 Å². The number of pyridine rings is 1. The van der Waals surface area contributed by atoms with Crippen molar-refractivity contribution in [3.05, 3.63) is 17.3 Å². The highest BCUT2D eigenvalue weighted by atomic mass is 35.5. The van der Waals surface area contributed by atoms with Crippen LogP contribution in [0.2, 0.25) is 5.02 Å². The standard InChI is InChI=1S/C11H16ClN3O4S/c1-2-13-11-8(12)3-7(4-14-11)20(18,19)15-5-9(16)10(17)6-15/h3-4,9-10,16-17H,2,5-6H2,1H3,(H,13,14). The molecule has 0 radical (unpaired) electrons. The summed E-state index contributed by atoms with van der Waals surface area (Å²) in [7, 11) is -3.82. The molecular weight excluding hydrogens is 306 g/mol. The third kappa shape index (κ3) is 2.89. The van der Waals surface area contributed by atoms with Gasteiger partial charge in [0.25, 0.3) is 0 Å². The number of rotatable bonds is 4. The van der Waals surface area contributed by atoms with E-state index < -0.39 is 22.2 Å². The summed E-state index contributed by atoms with van der Waals surface area (Å²) >= 11 is 5.97. The van der Waals surface area contributed by atoms with Crippen molar-refractivity contribution < 1.29 is 18.6 Å². The van der Waals surface area contributed by atoms with Crippen LogP contribution in [-0.2, 0) is 10.0 Å². The quantitative estimate of drug-likeness (QED) is 0.715. The first-order valence-electron chi connectivity index (χ1n) is 6.12. The SMILES string of the molecule is CCNc1ncc(S(=O)(=O)N2CC(O)C(O)C2)cc1Cl. The lowest BCUT2D eigenvalue weighted by Crippen LogP contribution is -2.30. The van der Waals surface area contributed by atoms with Crippen LogP contribution in [0, 0.1) is 0 Å². The second kappa shape index (κ2) is 5.82. The Morgan fingerprint density at radius 3 is 2.55 bits per heavy atom. The summed E-state index contributed by atoms with van der Waals surface area (Å²) in [4.78, 5) is 3.91. The number of anilines is 1. The average molecular weight is 322 g/mol. The number of hydrogen-bond acceptors (Lipinski definition) is 6. The monoisotopic (exact) mass is 321 g/mol. The number of aliphatic hydroxyl groups excluding tert-OH is 2. The number of sulfonamides is 1. The van der Waals surface area contributed by atoms with Crippen molar-refractivity contribution in [1.82, 2.24) is 9.29 Å². The van der Waals surface area contributed by atoms with Crippen molar-refractivity contribution in [1.29, 1.82) is 0 Å². The van der Waals surface area contributed by atoms with Gasteiger partial charge in [0, 0.05) is 25.8 Å². The van der Waals surface area contributed by atoms with Crippen molar-refractivity contribution in [2.45, 2.75) is 24.0 Å². The summed E-state index contributed by atoms with van der Waals surface area (Å²) in [6.07, 6.45) is -0.945. The van der Waals surface area contributed by atoms with Crippen LogP contribution in [0.3, 0.4) is 0 Å². The molecule has 2 rings (SSSR count). The number of aliphatic hydroxyl groups is 2. The van der Waals surface area contributed by atoms with E-state index in [4.69, 9.17) is 11.6 Å². The van der Waals surface area contributed by atoms with Crippen LogP contribution >= 0.6 is 11.6 Å². The van der Waals surface area contributed by atoms with Gasteiger partial charge < -0.3 is 15.5 Å². The molecule has 9 heteroatoms. The summed E-state index contributed by atoms with van der Waals surface area (Å²) in [5, 5.41) is 22.0. The van der Waals surface area contributed by atoms with Gasteiger partial charge in [-0.1, -0.05) is 11.6 Å². The topological polar surface area (TPSA) is 103 Å². The first-order chi connectivity index (χ1) is 9.36. The van der Waals surface area contributed by atoms with Gasteiger partial charge in [0.2, 0.25) is 10.0 Å². The lowest BCUT2D eigenvalue weighted by Gasteiger charge is -2.16. The molecule has 0 spiro atoms. The Morgan fingerprint density at radius 1 is 1.45 bits per heavy atom. The fourth-order valence-electron chi connectivity index (χ4n) is 1.94. The van der Waals surface area contributed by atoms with Crippen LogP contribution in [0.15, 0.2) is 17.2 Å². The Bertz CT molecular complexity index is 585. The molecule has 2 unspecified atom stereocenters. The Kier molecular flexibility index (Phi) is 4.50. The largest absolute Gasteiger partial charge is 0.389 e.